The van der Waals surface area contributed by atoms with Crippen LogP contribution in [0.15, 0.2) is 24.3 Å². The third-order valence-corrected chi connectivity index (χ3v) is 6.14. The van der Waals surface area contributed by atoms with Crippen molar-refractivity contribution in [3.63, 3.8) is 0 Å². The van der Waals surface area contributed by atoms with E-state index in [9.17, 15) is 9.90 Å². The maximum Gasteiger partial charge on any atom is 0.271 e. The summed E-state index contributed by atoms with van der Waals surface area (Å²) in [5, 5.41) is 13.6. The van der Waals surface area contributed by atoms with Crippen LogP contribution in [0, 0.1) is 5.92 Å². The van der Waals surface area contributed by atoms with Crippen molar-refractivity contribution in [2.75, 3.05) is 13.6 Å². The van der Waals surface area contributed by atoms with Crippen LogP contribution in [0.25, 0.3) is 0 Å². The summed E-state index contributed by atoms with van der Waals surface area (Å²) < 4.78 is 0. The highest BCUT2D eigenvalue weighted by molar-refractivity contribution is 6.30. The normalized spacial score (nSPS) is 34.8. The lowest BCUT2D eigenvalue weighted by Gasteiger charge is -2.33. The molecule has 2 heterocycles. The summed E-state index contributed by atoms with van der Waals surface area (Å²) in [6.45, 7) is 0.602. The van der Waals surface area contributed by atoms with Crippen LogP contribution in [0.5, 0.6) is 0 Å². The first kappa shape index (κ1) is 16.3. The Morgan fingerprint density at radius 3 is 2.54 bits per heavy atom. The Hall–Kier alpha value is -1.14. The van der Waals surface area contributed by atoms with Crippen molar-refractivity contribution in [2.45, 2.75) is 49.9 Å². The van der Waals surface area contributed by atoms with Crippen LogP contribution in [0.2, 0.25) is 5.02 Å². The lowest BCUT2D eigenvalue weighted by Crippen LogP contribution is -2.54. The number of hydrogen-bond acceptors (Lipinski definition) is 4. The number of likely N-dealkylation sites (tertiary alicyclic amines) is 1. The van der Waals surface area contributed by atoms with E-state index < -0.39 is 5.72 Å². The van der Waals surface area contributed by atoms with E-state index in [0.717, 1.165) is 18.4 Å². The van der Waals surface area contributed by atoms with E-state index in [1.165, 1.54) is 19.3 Å². The Morgan fingerprint density at radius 2 is 1.88 bits per heavy atom. The zero-order valence-corrected chi connectivity index (χ0v) is 14.7. The summed E-state index contributed by atoms with van der Waals surface area (Å²) in [6, 6.07) is 7.90. The smallest absolute Gasteiger partial charge is 0.271 e. The minimum Gasteiger partial charge on any atom is -0.366 e. The van der Waals surface area contributed by atoms with E-state index in [0.29, 0.717) is 11.6 Å². The van der Waals surface area contributed by atoms with Crippen molar-refractivity contribution in [2.24, 2.45) is 5.92 Å². The van der Waals surface area contributed by atoms with Crippen molar-refractivity contribution < 1.29 is 9.90 Å². The van der Waals surface area contributed by atoms with E-state index in [1.54, 1.807) is 0 Å². The average molecular weight is 350 g/mol. The highest BCUT2D eigenvalue weighted by Crippen LogP contribution is 2.46. The predicted molar refractivity (Wildman–Crippen MR) is 92.1 cm³/mol. The third kappa shape index (κ3) is 2.46. The molecule has 3 fully saturated rings. The van der Waals surface area contributed by atoms with E-state index >= 15 is 0 Å². The molecule has 2 N–H and O–H groups in total. The monoisotopic (exact) mass is 349 g/mol. The molecule has 4 rings (SSSR count). The summed E-state index contributed by atoms with van der Waals surface area (Å²) in [5.41, 5.74) is 2.61. The minimum absolute atomic E-state index is 0.0511. The first-order valence-electron chi connectivity index (χ1n) is 8.80. The van der Waals surface area contributed by atoms with Gasteiger partial charge in [0.2, 0.25) is 5.72 Å². The SMILES string of the molecule is CN1N[C@@]2(O)C(=O)N(C3CCCCC3)C[C@H]2[C@@H]1c1ccc(Cl)cc1. The molecule has 0 spiro atoms. The number of rotatable bonds is 2. The standard InChI is InChI=1S/C18H24ClN3O2/c1-21-16(12-7-9-13(19)10-8-12)15-11-22(14-5-3-2-4-6-14)17(23)18(15,24)20-21/h7-10,14-16,20,24H,2-6,11H2,1H3/t15-,16-,18-/m0/s1. The van der Waals surface area contributed by atoms with Crippen LogP contribution < -0.4 is 5.43 Å². The Kier molecular flexibility index (Phi) is 4.07. The van der Waals surface area contributed by atoms with Gasteiger partial charge >= 0.3 is 0 Å². The fourth-order valence-electron chi connectivity index (χ4n) is 4.70. The van der Waals surface area contributed by atoms with E-state index in [1.807, 2.05) is 41.2 Å². The van der Waals surface area contributed by atoms with Gasteiger partial charge in [0.05, 0.1) is 12.0 Å². The average Bonchev–Trinajstić information content (AvgIpc) is 2.98. The number of amides is 1. The van der Waals surface area contributed by atoms with E-state index in [4.69, 9.17) is 11.6 Å². The van der Waals surface area contributed by atoms with Gasteiger partial charge in [0, 0.05) is 24.7 Å². The van der Waals surface area contributed by atoms with Gasteiger partial charge in [-0.3, -0.25) is 4.79 Å². The predicted octanol–water partition coefficient (Wildman–Crippen LogP) is 2.31. The number of halogens is 1. The molecular formula is C18H24ClN3O2. The molecule has 130 valence electrons. The molecule has 0 unspecified atom stereocenters. The molecule has 3 atom stereocenters. The number of carbonyl (C=O) groups excluding carboxylic acids is 1. The molecule has 1 aromatic rings. The lowest BCUT2D eigenvalue weighted by atomic mass is 9.89. The second-order valence-electron chi connectivity index (χ2n) is 7.34. The van der Waals surface area contributed by atoms with Gasteiger partial charge in [-0.25, -0.2) is 10.4 Å². The molecule has 1 aromatic carbocycles. The third-order valence-electron chi connectivity index (χ3n) is 5.89. The summed E-state index contributed by atoms with van der Waals surface area (Å²) in [4.78, 5) is 14.9. The van der Waals surface area contributed by atoms with Crippen LogP contribution in [0.1, 0.15) is 43.7 Å². The highest BCUT2D eigenvalue weighted by atomic mass is 35.5. The van der Waals surface area contributed by atoms with Crippen molar-refractivity contribution in [3.8, 4) is 0 Å². The summed E-state index contributed by atoms with van der Waals surface area (Å²) in [7, 11) is 1.88. The number of carbonyl (C=O) groups is 1. The van der Waals surface area contributed by atoms with Crippen molar-refractivity contribution in [1.29, 1.82) is 0 Å². The Bertz CT molecular complexity index is 632. The van der Waals surface area contributed by atoms with E-state index in [2.05, 4.69) is 5.43 Å². The molecule has 1 amide bonds. The lowest BCUT2D eigenvalue weighted by molar-refractivity contribution is -0.151. The number of nitrogens with one attached hydrogen (secondary N) is 1. The van der Waals surface area contributed by atoms with E-state index in [-0.39, 0.29) is 23.9 Å². The van der Waals surface area contributed by atoms with Gasteiger partial charge in [-0.1, -0.05) is 43.0 Å². The van der Waals surface area contributed by atoms with Gasteiger partial charge in [-0.15, -0.1) is 0 Å². The van der Waals surface area contributed by atoms with Crippen molar-refractivity contribution in [3.05, 3.63) is 34.9 Å². The topological polar surface area (TPSA) is 55.8 Å². The quantitative estimate of drug-likeness (QED) is 0.860. The van der Waals surface area contributed by atoms with Gasteiger partial charge < -0.3 is 10.0 Å². The molecule has 1 aliphatic carbocycles. The second-order valence-corrected chi connectivity index (χ2v) is 7.78. The second kappa shape index (κ2) is 5.99. The van der Waals surface area contributed by atoms with Crippen LogP contribution in [-0.2, 0) is 4.79 Å². The molecule has 6 heteroatoms. The zero-order chi connectivity index (χ0) is 16.9. The fourth-order valence-corrected chi connectivity index (χ4v) is 4.82. The fraction of sp³-hybridized carbons (Fsp3) is 0.611. The molecule has 0 radical (unpaired) electrons. The molecule has 1 saturated carbocycles. The maximum absolute atomic E-state index is 13.0. The number of hydrogen-bond donors (Lipinski definition) is 2. The minimum atomic E-state index is -1.49. The van der Waals surface area contributed by atoms with Crippen LogP contribution in [-0.4, -0.2) is 46.3 Å². The Morgan fingerprint density at radius 1 is 1.21 bits per heavy atom. The Balaban J connectivity index is 1.63. The number of fused-ring (bicyclic) bond motifs is 1. The maximum atomic E-state index is 13.0. The summed E-state index contributed by atoms with van der Waals surface area (Å²) >= 11 is 6.00. The number of hydrazine groups is 1. The van der Waals surface area contributed by atoms with Gasteiger partial charge in [0.15, 0.2) is 0 Å². The number of benzene rings is 1. The molecule has 2 aliphatic heterocycles. The Labute approximate surface area is 147 Å². The summed E-state index contributed by atoms with van der Waals surface area (Å²) in [5.74, 6) is -0.346. The van der Waals surface area contributed by atoms with Gasteiger partial charge in [-0.05, 0) is 30.5 Å². The highest BCUT2D eigenvalue weighted by Gasteiger charge is 2.62. The molecule has 2 saturated heterocycles. The largest absolute Gasteiger partial charge is 0.366 e. The first-order chi connectivity index (χ1) is 11.5. The zero-order valence-electron chi connectivity index (χ0n) is 13.9. The first-order valence-corrected chi connectivity index (χ1v) is 9.18. The molecule has 24 heavy (non-hydrogen) atoms. The summed E-state index contributed by atoms with van der Waals surface area (Å²) in [6.07, 6.45) is 5.70. The van der Waals surface area contributed by atoms with Crippen molar-refractivity contribution in [1.82, 2.24) is 15.3 Å². The molecule has 3 aliphatic rings. The van der Waals surface area contributed by atoms with Crippen LogP contribution in [0.4, 0.5) is 0 Å². The molecule has 0 aromatic heterocycles. The van der Waals surface area contributed by atoms with Crippen molar-refractivity contribution >= 4 is 17.5 Å². The molecular weight excluding hydrogens is 326 g/mol. The van der Waals surface area contributed by atoms with Gasteiger partial charge in [-0.2, -0.15) is 0 Å². The van der Waals surface area contributed by atoms with Gasteiger partial charge in [0.1, 0.15) is 0 Å². The molecule has 0 bridgehead atoms. The number of aliphatic hydroxyl groups is 1. The molecule has 5 nitrogen and oxygen atoms in total. The van der Waals surface area contributed by atoms with Crippen LogP contribution in [0.3, 0.4) is 0 Å². The van der Waals surface area contributed by atoms with Crippen LogP contribution >= 0.6 is 11.6 Å². The van der Waals surface area contributed by atoms with Gasteiger partial charge in [0.25, 0.3) is 5.91 Å². The number of nitrogens with zero attached hydrogens (tertiary/aromatic N) is 2.